The summed E-state index contributed by atoms with van der Waals surface area (Å²) in [6, 6.07) is 5.74. The summed E-state index contributed by atoms with van der Waals surface area (Å²) in [5, 5.41) is 0. The van der Waals surface area contributed by atoms with Crippen molar-refractivity contribution in [2.45, 2.75) is 32.4 Å². The van der Waals surface area contributed by atoms with Crippen molar-refractivity contribution >= 4 is 5.69 Å². The Balaban J connectivity index is 2.40. The molecule has 1 unspecified atom stereocenters. The number of nitrogens with zero attached hydrogens (tertiary/aromatic N) is 1. The number of benzene rings is 1. The van der Waals surface area contributed by atoms with Crippen molar-refractivity contribution in [3.8, 4) is 0 Å². The fraction of sp³-hybridized carbons (Fsp3) is 0.500. The summed E-state index contributed by atoms with van der Waals surface area (Å²) in [5.41, 5.74) is 7.97. The normalized spacial score (nSPS) is 19.8. The molecular formula is C12H17FN2. The predicted molar refractivity (Wildman–Crippen MR) is 60.6 cm³/mol. The summed E-state index contributed by atoms with van der Waals surface area (Å²) in [6.07, 6.45) is 0.863. The summed E-state index contributed by atoms with van der Waals surface area (Å²) in [4.78, 5) is 2.29. The number of halogens is 1. The van der Waals surface area contributed by atoms with Crippen molar-refractivity contribution in [2.75, 3.05) is 11.4 Å². The number of fused-ring (bicyclic) bond motifs is 1. The van der Waals surface area contributed by atoms with E-state index in [-0.39, 0.29) is 5.82 Å². The van der Waals surface area contributed by atoms with Gasteiger partial charge in [-0.15, -0.1) is 0 Å². The fourth-order valence-corrected chi connectivity index (χ4v) is 2.42. The van der Waals surface area contributed by atoms with E-state index in [4.69, 9.17) is 5.73 Å². The number of nitrogens with two attached hydrogens (primary N) is 1. The third kappa shape index (κ3) is 1.72. The first-order valence-corrected chi connectivity index (χ1v) is 5.40. The first-order chi connectivity index (χ1) is 7.13. The van der Waals surface area contributed by atoms with E-state index in [0.717, 1.165) is 17.7 Å². The lowest BCUT2D eigenvalue weighted by Gasteiger charge is -2.30. The van der Waals surface area contributed by atoms with Crippen molar-refractivity contribution in [1.82, 2.24) is 0 Å². The molecule has 1 aliphatic heterocycles. The molecule has 0 saturated carbocycles. The summed E-state index contributed by atoms with van der Waals surface area (Å²) in [5.74, 6) is -0.157. The molecule has 1 aromatic carbocycles. The van der Waals surface area contributed by atoms with E-state index in [1.807, 2.05) is 6.07 Å². The molecule has 0 amide bonds. The molecule has 1 aliphatic rings. The van der Waals surface area contributed by atoms with Gasteiger partial charge in [0.1, 0.15) is 5.82 Å². The second-order valence-corrected chi connectivity index (χ2v) is 4.37. The van der Waals surface area contributed by atoms with Gasteiger partial charge in [-0.25, -0.2) is 4.39 Å². The van der Waals surface area contributed by atoms with Gasteiger partial charge in [-0.1, -0.05) is 0 Å². The maximum absolute atomic E-state index is 13.1. The zero-order valence-corrected chi connectivity index (χ0v) is 9.20. The highest BCUT2D eigenvalue weighted by atomic mass is 19.1. The topological polar surface area (TPSA) is 29.3 Å². The minimum atomic E-state index is -0.157. The van der Waals surface area contributed by atoms with E-state index in [0.29, 0.717) is 18.6 Å². The molecule has 0 bridgehead atoms. The number of hydrogen-bond acceptors (Lipinski definition) is 2. The zero-order chi connectivity index (χ0) is 11.0. The largest absolute Gasteiger partial charge is 0.364 e. The first kappa shape index (κ1) is 10.4. The Kier molecular flexibility index (Phi) is 2.65. The number of anilines is 1. The number of hydrogen-bond donors (Lipinski definition) is 1. The summed E-state index contributed by atoms with van der Waals surface area (Å²) >= 11 is 0. The standard InChI is InChI=1S/C12H17FN2/c1-8(2)15-11(7-14)6-9-5-10(13)3-4-12(9)15/h3-5,8,11H,6-7,14H2,1-2H3. The summed E-state index contributed by atoms with van der Waals surface area (Å²) in [7, 11) is 0. The lowest BCUT2D eigenvalue weighted by atomic mass is 10.1. The minimum absolute atomic E-state index is 0.157. The van der Waals surface area contributed by atoms with Gasteiger partial charge in [-0.05, 0) is 44.0 Å². The first-order valence-electron chi connectivity index (χ1n) is 5.40. The van der Waals surface area contributed by atoms with Crippen LogP contribution in [0.3, 0.4) is 0 Å². The van der Waals surface area contributed by atoms with Gasteiger partial charge in [-0.2, -0.15) is 0 Å². The second kappa shape index (κ2) is 3.81. The lowest BCUT2D eigenvalue weighted by Crippen LogP contribution is -2.42. The van der Waals surface area contributed by atoms with Gasteiger partial charge in [-0.3, -0.25) is 0 Å². The van der Waals surface area contributed by atoms with Crippen LogP contribution in [-0.4, -0.2) is 18.6 Å². The van der Waals surface area contributed by atoms with Gasteiger partial charge >= 0.3 is 0 Å². The molecule has 0 saturated heterocycles. The van der Waals surface area contributed by atoms with E-state index in [9.17, 15) is 4.39 Å². The highest BCUT2D eigenvalue weighted by Gasteiger charge is 2.29. The van der Waals surface area contributed by atoms with Gasteiger partial charge in [0.05, 0.1) is 0 Å². The Hall–Kier alpha value is -1.09. The highest BCUT2D eigenvalue weighted by Crippen LogP contribution is 2.33. The van der Waals surface area contributed by atoms with Crippen molar-refractivity contribution < 1.29 is 4.39 Å². The van der Waals surface area contributed by atoms with Crippen molar-refractivity contribution in [3.63, 3.8) is 0 Å². The van der Waals surface area contributed by atoms with Crippen LogP contribution >= 0.6 is 0 Å². The molecule has 0 aromatic heterocycles. The minimum Gasteiger partial charge on any atom is -0.364 e. The molecule has 1 heterocycles. The van der Waals surface area contributed by atoms with Crippen molar-refractivity contribution in [3.05, 3.63) is 29.6 Å². The van der Waals surface area contributed by atoms with E-state index in [2.05, 4.69) is 18.7 Å². The van der Waals surface area contributed by atoms with Crippen LogP contribution in [0.2, 0.25) is 0 Å². The maximum Gasteiger partial charge on any atom is 0.123 e. The fourth-order valence-electron chi connectivity index (χ4n) is 2.42. The third-order valence-electron chi connectivity index (χ3n) is 3.00. The van der Waals surface area contributed by atoms with E-state index >= 15 is 0 Å². The Bertz CT molecular complexity index is 363. The van der Waals surface area contributed by atoms with Crippen LogP contribution in [0.25, 0.3) is 0 Å². The smallest absolute Gasteiger partial charge is 0.123 e. The molecule has 0 spiro atoms. The van der Waals surface area contributed by atoms with Gasteiger partial charge in [0.15, 0.2) is 0 Å². The van der Waals surface area contributed by atoms with Gasteiger partial charge < -0.3 is 10.6 Å². The molecule has 0 fully saturated rings. The van der Waals surface area contributed by atoms with Gasteiger partial charge in [0.2, 0.25) is 0 Å². The average Bonchev–Trinajstić information content (AvgIpc) is 2.54. The molecule has 3 heteroatoms. The lowest BCUT2D eigenvalue weighted by molar-refractivity contribution is 0.576. The molecule has 1 atom stereocenters. The van der Waals surface area contributed by atoms with Gasteiger partial charge in [0, 0.05) is 24.3 Å². The molecular weight excluding hydrogens is 191 g/mol. The van der Waals surface area contributed by atoms with Crippen LogP contribution in [0.1, 0.15) is 19.4 Å². The van der Waals surface area contributed by atoms with Crippen LogP contribution < -0.4 is 10.6 Å². The van der Waals surface area contributed by atoms with Crippen LogP contribution in [0, 0.1) is 5.82 Å². The Morgan fingerprint density at radius 2 is 2.27 bits per heavy atom. The number of rotatable bonds is 2. The molecule has 2 N–H and O–H groups in total. The SMILES string of the molecule is CC(C)N1c2ccc(F)cc2CC1CN. The van der Waals surface area contributed by atoms with Crippen molar-refractivity contribution in [2.24, 2.45) is 5.73 Å². The second-order valence-electron chi connectivity index (χ2n) is 4.37. The van der Waals surface area contributed by atoms with E-state index < -0.39 is 0 Å². The van der Waals surface area contributed by atoms with E-state index in [1.54, 1.807) is 6.07 Å². The molecule has 2 rings (SSSR count). The third-order valence-corrected chi connectivity index (χ3v) is 3.00. The molecule has 2 nitrogen and oxygen atoms in total. The zero-order valence-electron chi connectivity index (χ0n) is 9.20. The predicted octanol–water partition coefficient (Wildman–Crippen LogP) is 1.92. The molecule has 0 radical (unpaired) electrons. The summed E-state index contributed by atoms with van der Waals surface area (Å²) < 4.78 is 13.1. The Morgan fingerprint density at radius 3 is 2.87 bits per heavy atom. The molecule has 0 aliphatic carbocycles. The maximum atomic E-state index is 13.1. The molecule has 82 valence electrons. The Labute approximate surface area is 89.9 Å². The van der Waals surface area contributed by atoms with Gasteiger partial charge in [0.25, 0.3) is 0 Å². The Morgan fingerprint density at radius 1 is 1.53 bits per heavy atom. The van der Waals surface area contributed by atoms with Crippen LogP contribution in [0.15, 0.2) is 18.2 Å². The van der Waals surface area contributed by atoms with Crippen LogP contribution in [0.4, 0.5) is 10.1 Å². The quantitative estimate of drug-likeness (QED) is 0.804. The van der Waals surface area contributed by atoms with Crippen molar-refractivity contribution in [1.29, 1.82) is 0 Å². The van der Waals surface area contributed by atoms with E-state index in [1.165, 1.54) is 6.07 Å². The highest BCUT2D eigenvalue weighted by molar-refractivity contribution is 5.60. The van der Waals surface area contributed by atoms with Crippen LogP contribution in [-0.2, 0) is 6.42 Å². The monoisotopic (exact) mass is 208 g/mol. The summed E-state index contributed by atoms with van der Waals surface area (Å²) in [6.45, 7) is 4.90. The molecule has 15 heavy (non-hydrogen) atoms. The average molecular weight is 208 g/mol. The van der Waals surface area contributed by atoms with Crippen LogP contribution in [0.5, 0.6) is 0 Å². The molecule has 1 aromatic rings.